The van der Waals surface area contributed by atoms with Gasteiger partial charge in [-0.25, -0.2) is 0 Å². The molecule has 0 aliphatic rings. The summed E-state index contributed by atoms with van der Waals surface area (Å²) in [5.74, 6) is 0.0543. The molecule has 0 radical (unpaired) electrons. The maximum absolute atomic E-state index is 12.2. The largest absolute Gasteiger partial charge is 0.493 e. The van der Waals surface area contributed by atoms with Crippen LogP contribution in [0.2, 0.25) is 0 Å². The van der Waals surface area contributed by atoms with Gasteiger partial charge in [-0.3, -0.25) is 4.79 Å². The normalized spacial score (nSPS) is 11.7. The van der Waals surface area contributed by atoms with E-state index in [0.717, 1.165) is 21.7 Å². The average molecular weight is 387 g/mol. The smallest absolute Gasteiger partial charge is 0.302 e. The number of ether oxygens (including phenoxy) is 1. The molecule has 3 aromatic carbocycles. The summed E-state index contributed by atoms with van der Waals surface area (Å²) < 4.78 is 7.32. The Hall–Kier alpha value is -3.67. The van der Waals surface area contributed by atoms with Crippen molar-refractivity contribution in [3.63, 3.8) is 0 Å². The van der Waals surface area contributed by atoms with Gasteiger partial charge in [0.1, 0.15) is 5.75 Å². The average Bonchev–Trinajstić information content (AvgIpc) is 3.02. The number of aromatic hydroxyl groups is 1. The number of para-hydroxylation sites is 1. The fourth-order valence-electron chi connectivity index (χ4n) is 3.39. The van der Waals surface area contributed by atoms with E-state index in [1.165, 1.54) is 0 Å². The van der Waals surface area contributed by atoms with Gasteiger partial charge >= 0.3 is 5.91 Å². The second-order valence-corrected chi connectivity index (χ2v) is 7.04. The Balaban J connectivity index is 1.51. The first-order valence-electron chi connectivity index (χ1n) is 9.42. The molecule has 0 atom stereocenters. The maximum Gasteiger partial charge on any atom is 0.302 e. The van der Waals surface area contributed by atoms with Crippen LogP contribution in [0.1, 0.15) is 19.9 Å². The third-order valence-electron chi connectivity index (χ3n) is 4.72. The third kappa shape index (κ3) is 3.69. The van der Waals surface area contributed by atoms with Gasteiger partial charge < -0.3 is 14.4 Å². The minimum Gasteiger partial charge on any atom is -0.493 e. The van der Waals surface area contributed by atoms with Crippen LogP contribution in [0, 0.1) is 0 Å². The molecule has 1 N–H and O–H groups in total. The summed E-state index contributed by atoms with van der Waals surface area (Å²) in [6.07, 6.45) is 0. The molecule has 6 heteroatoms. The van der Waals surface area contributed by atoms with Gasteiger partial charge in [-0.05, 0) is 42.8 Å². The Morgan fingerprint density at radius 1 is 1.03 bits per heavy atom. The zero-order valence-electron chi connectivity index (χ0n) is 16.2. The zero-order valence-corrected chi connectivity index (χ0v) is 16.2. The van der Waals surface area contributed by atoms with Crippen LogP contribution < -0.4 is 4.74 Å². The highest BCUT2D eigenvalue weighted by molar-refractivity contribution is 5.95. The van der Waals surface area contributed by atoms with Gasteiger partial charge in [-0.2, -0.15) is 0 Å². The molecule has 1 heterocycles. The van der Waals surface area contributed by atoms with Crippen LogP contribution in [0.15, 0.2) is 77.0 Å². The molecule has 4 rings (SSSR count). The van der Waals surface area contributed by atoms with Gasteiger partial charge in [0, 0.05) is 11.4 Å². The number of nitrogens with zero attached hydrogens (tertiary/aromatic N) is 3. The van der Waals surface area contributed by atoms with E-state index in [1.54, 1.807) is 4.57 Å². The van der Waals surface area contributed by atoms with Crippen LogP contribution in [-0.2, 0) is 4.79 Å². The molecule has 0 aliphatic heterocycles. The predicted octanol–water partition coefficient (Wildman–Crippen LogP) is 5.77. The minimum absolute atomic E-state index is 0.00630. The molecule has 146 valence electrons. The van der Waals surface area contributed by atoms with Gasteiger partial charge in [0.15, 0.2) is 12.3 Å². The van der Waals surface area contributed by atoms with E-state index in [1.807, 2.05) is 80.6 Å². The Morgan fingerprint density at radius 2 is 1.76 bits per heavy atom. The quantitative estimate of drug-likeness (QED) is 0.442. The van der Waals surface area contributed by atoms with Crippen molar-refractivity contribution in [1.29, 1.82) is 0 Å². The summed E-state index contributed by atoms with van der Waals surface area (Å²) in [6, 6.07) is 21.1. The summed E-state index contributed by atoms with van der Waals surface area (Å²) in [4.78, 5) is 12.2. The SMILES string of the molecule is CC(C)n1c(O)c(N=NC(=O)COc2ccc3ccccc3c2)c2ccccc21. The molecule has 0 saturated carbocycles. The first-order valence-corrected chi connectivity index (χ1v) is 9.42. The molecule has 6 nitrogen and oxygen atoms in total. The summed E-state index contributed by atoms with van der Waals surface area (Å²) >= 11 is 0. The second kappa shape index (κ2) is 7.75. The van der Waals surface area contributed by atoms with E-state index in [2.05, 4.69) is 10.2 Å². The van der Waals surface area contributed by atoms with Gasteiger partial charge in [0.25, 0.3) is 0 Å². The number of rotatable bonds is 5. The number of azo groups is 1. The molecular formula is C23H21N3O3. The van der Waals surface area contributed by atoms with Crippen LogP contribution in [0.25, 0.3) is 21.7 Å². The Kier molecular flexibility index (Phi) is 4.99. The standard InChI is InChI=1S/C23H21N3O3/c1-15(2)26-20-10-6-5-9-19(20)22(23(26)28)25-24-21(27)14-29-18-12-11-16-7-3-4-8-17(16)13-18/h3-13,15,28H,14H2,1-2H3. The number of aromatic nitrogens is 1. The van der Waals surface area contributed by atoms with Crippen LogP contribution in [0.3, 0.4) is 0 Å². The molecule has 1 amide bonds. The fourth-order valence-corrected chi connectivity index (χ4v) is 3.39. The van der Waals surface area contributed by atoms with E-state index in [9.17, 15) is 9.90 Å². The molecule has 4 aromatic rings. The van der Waals surface area contributed by atoms with E-state index >= 15 is 0 Å². The highest BCUT2D eigenvalue weighted by Gasteiger charge is 2.18. The fraction of sp³-hybridized carbons (Fsp3) is 0.174. The molecule has 0 fully saturated rings. The van der Waals surface area contributed by atoms with Crippen LogP contribution >= 0.6 is 0 Å². The minimum atomic E-state index is -0.529. The van der Waals surface area contributed by atoms with Crippen molar-refractivity contribution in [1.82, 2.24) is 4.57 Å². The van der Waals surface area contributed by atoms with Gasteiger partial charge in [0.05, 0.1) is 5.52 Å². The van der Waals surface area contributed by atoms with E-state index in [4.69, 9.17) is 4.74 Å². The Bertz CT molecular complexity index is 1220. The van der Waals surface area contributed by atoms with Crippen molar-refractivity contribution in [2.45, 2.75) is 19.9 Å². The molecular weight excluding hydrogens is 366 g/mol. The number of fused-ring (bicyclic) bond motifs is 2. The van der Waals surface area contributed by atoms with E-state index < -0.39 is 5.91 Å². The predicted molar refractivity (Wildman–Crippen MR) is 113 cm³/mol. The maximum atomic E-state index is 12.2. The molecule has 1 aromatic heterocycles. The lowest BCUT2D eigenvalue weighted by Crippen LogP contribution is -2.07. The topological polar surface area (TPSA) is 76.2 Å². The van der Waals surface area contributed by atoms with Gasteiger partial charge in [-0.1, -0.05) is 48.5 Å². The summed E-state index contributed by atoms with van der Waals surface area (Å²) in [5, 5.41) is 21.2. The van der Waals surface area contributed by atoms with Crippen LogP contribution in [-0.4, -0.2) is 22.2 Å². The lowest BCUT2D eigenvalue weighted by molar-refractivity contribution is -0.120. The Morgan fingerprint density at radius 3 is 2.55 bits per heavy atom. The molecule has 29 heavy (non-hydrogen) atoms. The number of benzene rings is 3. The van der Waals surface area contributed by atoms with Crippen LogP contribution in [0.4, 0.5) is 5.69 Å². The summed E-state index contributed by atoms with van der Waals surface area (Å²) in [7, 11) is 0. The summed E-state index contributed by atoms with van der Waals surface area (Å²) in [6.45, 7) is 3.71. The summed E-state index contributed by atoms with van der Waals surface area (Å²) in [5.41, 5.74) is 1.13. The molecule has 0 bridgehead atoms. The number of hydrogen-bond donors (Lipinski definition) is 1. The number of amides is 1. The van der Waals surface area contributed by atoms with Crippen molar-refractivity contribution < 1.29 is 14.6 Å². The van der Waals surface area contributed by atoms with Gasteiger partial charge in [-0.15, -0.1) is 10.2 Å². The number of carbonyl (C=O) groups excluding carboxylic acids is 1. The first kappa shape index (κ1) is 18.7. The van der Waals surface area contributed by atoms with Crippen molar-refractivity contribution in [2.24, 2.45) is 10.2 Å². The highest BCUT2D eigenvalue weighted by atomic mass is 16.5. The number of hydrogen-bond acceptors (Lipinski definition) is 4. The lowest BCUT2D eigenvalue weighted by atomic mass is 10.1. The van der Waals surface area contributed by atoms with E-state index in [0.29, 0.717) is 5.75 Å². The monoisotopic (exact) mass is 387 g/mol. The van der Waals surface area contributed by atoms with Gasteiger partial charge in [0.2, 0.25) is 5.88 Å². The first-order chi connectivity index (χ1) is 14.0. The highest BCUT2D eigenvalue weighted by Crippen LogP contribution is 2.40. The van der Waals surface area contributed by atoms with E-state index in [-0.39, 0.29) is 24.2 Å². The Labute approximate surface area is 168 Å². The van der Waals surface area contributed by atoms with Crippen molar-refractivity contribution in [3.8, 4) is 11.6 Å². The molecule has 0 spiro atoms. The van der Waals surface area contributed by atoms with Crippen molar-refractivity contribution >= 4 is 33.3 Å². The van der Waals surface area contributed by atoms with Crippen molar-refractivity contribution in [3.05, 3.63) is 66.7 Å². The van der Waals surface area contributed by atoms with Crippen molar-refractivity contribution in [2.75, 3.05) is 6.61 Å². The third-order valence-corrected chi connectivity index (χ3v) is 4.72. The second-order valence-electron chi connectivity index (χ2n) is 7.04. The molecule has 0 aliphatic carbocycles. The number of carbonyl (C=O) groups is 1. The van der Waals surface area contributed by atoms with Crippen LogP contribution in [0.5, 0.6) is 11.6 Å². The molecule has 0 unspecified atom stereocenters. The molecule has 0 saturated heterocycles. The zero-order chi connectivity index (χ0) is 20.4. The lowest BCUT2D eigenvalue weighted by Gasteiger charge is -2.10.